The summed E-state index contributed by atoms with van der Waals surface area (Å²) >= 11 is 1.63. The number of non-ortho nitro benzene ring substituents is 1. The number of nitro benzene ring substituents is 1. The summed E-state index contributed by atoms with van der Waals surface area (Å²) in [6.45, 7) is 5.18. The van der Waals surface area contributed by atoms with E-state index < -0.39 is 4.92 Å². The van der Waals surface area contributed by atoms with Crippen LogP contribution in [0, 0.1) is 10.1 Å². The molecule has 160 valence electrons. The topological polar surface area (TPSA) is 88.8 Å². The number of nitro groups is 1. The molecule has 3 aromatic rings. The Bertz CT molecular complexity index is 1140. The molecule has 8 nitrogen and oxygen atoms in total. The van der Waals surface area contributed by atoms with Gasteiger partial charge in [-0.05, 0) is 36.8 Å². The second kappa shape index (κ2) is 9.13. The Morgan fingerprint density at radius 3 is 2.77 bits per heavy atom. The Hall–Kier alpha value is -3.46. The van der Waals surface area contributed by atoms with Crippen LogP contribution in [-0.2, 0) is 4.79 Å². The monoisotopic (exact) mass is 438 g/mol. The van der Waals surface area contributed by atoms with Gasteiger partial charge in [-0.3, -0.25) is 14.9 Å². The number of nitrogens with zero attached hydrogens (tertiary/aromatic N) is 4. The van der Waals surface area contributed by atoms with Crippen LogP contribution in [0.2, 0.25) is 0 Å². The summed E-state index contributed by atoms with van der Waals surface area (Å²) in [5.74, 6) is 0.743. The minimum atomic E-state index is -0.446. The number of ether oxygens (including phenoxy) is 1. The van der Waals surface area contributed by atoms with Crippen molar-refractivity contribution in [3.63, 3.8) is 0 Å². The third-order valence-corrected chi connectivity index (χ3v) is 6.10. The zero-order valence-corrected chi connectivity index (χ0v) is 17.9. The second-order valence-electron chi connectivity index (χ2n) is 7.06. The molecule has 0 atom stereocenters. The highest BCUT2D eigenvalue weighted by atomic mass is 32.1. The van der Waals surface area contributed by atoms with E-state index in [0.717, 1.165) is 21.1 Å². The molecule has 31 heavy (non-hydrogen) atoms. The van der Waals surface area contributed by atoms with Crippen LogP contribution in [0.1, 0.15) is 12.5 Å². The number of carbonyl (C=O) groups is 1. The summed E-state index contributed by atoms with van der Waals surface area (Å²) in [6, 6.07) is 12.1. The van der Waals surface area contributed by atoms with E-state index in [-0.39, 0.29) is 11.6 Å². The molecule has 1 aliphatic rings. The fraction of sp³-hybridized carbons (Fsp3) is 0.273. The van der Waals surface area contributed by atoms with Gasteiger partial charge in [0.25, 0.3) is 5.69 Å². The molecule has 0 saturated carbocycles. The van der Waals surface area contributed by atoms with Gasteiger partial charge in [0.2, 0.25) is 5.91 Å². The molecule has 0 spiro atoms. The van der Waals surface area contributed by atoms with Crippen molar-refractivity contribution in [2.45, 2.75) is 6.92 Å². The van der Waals surface area contributed by atoms with Gasteiger partial charge < -0.3 is 14.5 Å². The largest absolute Gasteiger partial charge is 0.494 e. The van der Waals surface area contributed by atoms with Gasteiger partial charge in [0.05, 0.1) is 21.7 Å². The molecule has 0 N–H and O–H groups in total. The lowest BCUT2D eigenvalue weighted by molar-refractivity contribution is -0.384. The SMILES string of the molecule is CCOc1ccc2nc(N3CCN(C(=O)/C=C/c4cccc([N+](=O)[O-])c4)CC3)sc2c1. The zero-order chi connectivity index (χ0) is 21.8. The van der Waals surface area contributed by atoms with Gasteiger partial charge in [-0.15, -0.1) is 0 Å². The highest BCUT2D eigenvalue weighted by Crippen LogP contribution is 2.32. The Balaban J connectivity index is 1.37. The van der Waals surface area contributed by atoms with Crippen molar-refractivity contribution in [3.8, 4) is 5.75 Å². The van der Waals surface area contributed by atoms with Crippen molar-refractivity contribution in [1.29, 1.82) is 0 Å². The quantitative estimate of drug-likeness (QED) is 0.329. The summed E-state index contributed by atoms with van der Waals surface area (Å²) in [5.41, 5.74) is 1.58. The molecule has 0 bridgehead atoms. The summed E-state index contributed by atoms with van der Waals surface area (Å²) in [6.07, 6.45) is 3.09. The lowest BCUT2D eigenvalue weighted by Gasteiger charge is -2.34. The van der Waals surface area contributed by atoms with Gasteiger partial charge in [0.15, 0.2) is 5.13 Å². The summed E-state index contributed by atoms with van der Waals surface area (Å²) in [7, 11) is 0. The molecule has 2 heterocycles. The molecule has 1 saturated heterocycles. The third kappa shape index (κ3) is 4.83. The summed E-state index contributed by atoms with van der Waals surface area (Å²) in [5, 5.41) is 11.8. The smallest absolute Gasteiger partial charge is 0.270 e. The van der Waals surface area contributed by atoms with Crippen LogP contribution in [0.5, 0.6) is 5.75 Å². The molecule has 1 aromatic heterocycles. The van der Waals surface area contributed by atoms with Crippen molar-refractivity contribution < 1.29 is 14.5 Å². The van der Waals surface area contributed by atoms with Gasteiger partial charge in [-0.2, -0.15) is 0 Å². The fourth-order valence-corrected chi connectivity index (χ4v) is 4.46. The van der Waals surface area contributed by atoms with Gasteiger partial charge in [-0.1, -0.05) is 23.5 Å². The first-order chi connectivity index (χ1) is 15.0. The van der Waals surface area contributed by atoms with Crippen LogP contribution in [-0.4, -0.2) is 53.5 Å². The molecule has 0 unspecified atom stereocenters. The number of hydrogen-bond acceptors (Lipinski definition) is 7. The van der Waals surface area contributed by atoms with Crippen molar-refractivity contribution in [1.82, 2.24) is 9.88 Å². The van der Waals surface area contributed by atoms with Gasteiger partial charge >= 0.3 is 0 Å². The predicted octanol–water partition coefficient (Wildman–Crippen LogP) is 3.97. The Morgan fingerprint density at radius 2 is 2.03 bits per heavy atom. The predicted molar refractivity (Wildman–Crippen MR) is 122 cm³/mol. The summed E-state index contributed by atoms with van der Waals surface area (Å²) < 4.78 is 6.65. The van der Waals surface area contributed by atoms with Crippen molar-refractivity contribution in [2.75, 3.05) is 37.7 Å². The number of fused-ring (bicyclic) bond motifs is 1. The Morgan fingerprint density at radius 1 is 1.23 bits per heavy atom. The van der Waals surface area contributed by atoms with E-state index in [1.165, 1.54) is 18.2 Å². The average molecular weight is 439 g/mol. The number of anilines is 1. The van der Waals surface area contributed by atoms with E-state index in [4.69, 9.17) is 9.72 Å². The third-order valence-electron chi connectivity index (χ3n) is 5.02. The van der Waals surface area contributed by atoms with Crippen molar-refractivity contribution in [3.05, 3.63) is 64.2 Å². The Labute approximate surface area is 183 Å². The molecule has 0 radical (unpaired) electrons. The minimum Gasteiger partial charge on any atom is -0.494 e. The molecule has 1 amide bonds. The number of hydrogen-bond donors (Lipinski definition) is 0. The zero-order valence-electron chi connectivity index (χ0n) is 17.1. The lowest BCUT2D eigenvalue weighted by Crippen LogP contribution is -2.48. The van der Waals surface area contributed by atoms with E-state index in [1.54, 1.807) is 34.4 Å². The lowest BCUT2D eigenvalue weighted by atomic mass is 10.2. The average Bonchev–Trinajstić information content (AvgIpc) is 3.21. The van der Waals surface area contributed by atoms with Gasteiger partial charge in [-0.25, -0.2) is 4.98 Å². The standard InChI is InChI=1S/C22H22N4O4S/c1-2-30-18-7-8-19-20(15-18)31-22(23-19)25-12-10-24(11-13-25)21(27)9-6-16-4-3-5-17(14-16)26(28)29/h3-9,14-15H,2,10-13H2,1H3/b9-6+. The van der Waals surface area contributed by atoms with E-state index in [1.807, 2.05) is 25.1 Å². The maximum atomic E-state index is 12.5. The number of piperazine rings is 1. The first-order valence-corrected chi connectivity index (χ1v) is 10.8. The van der Waals surface area contributed by atoms with Crippen LogP contribution in [0.4, 0.5) is 10.8 Å². The van der Waals surface area contributed by atoms with E-state index in [0.29, 0.717) is 38.3 Å². The molecule has 0 aliphatic carbocycles. The van der Waals surface area contributed by atoms with Gasteiger partial charge in [0.1, 0.15) is 5.75 Å². The molecular weight excluding hydrogens is 416 g/mol. The van der Waals surface area contributed by atoms with Crippen LogP contribution in [0.3, 0.4) is 0 Å². The van der Waals surface area contributed by atoms with Crippen molar-refractivity contribution in [2.24, 2.45) is 0 Å². The van der Waals surface area contributed by atoms with Crippen LogP contribution in [0.15, 0.2) is 48.5 Å². The fourth-order valence-electron chi connectivity index (χ4n) is 3.42. The number of benzene rings is 2. The number of aromatic nitrogens is 1. The maximum absolute atomic E-state index is 12.5. The Kier molecular flexibility index (Phi) is 6.13. The molecular formula is C22H22N4O4S. The highest BCUT2D eigenvalue weighted by molar-refractivity contribution is 7.22. The molecule has 4 rings (SSSR count). The van der Waals surface area contributed by atoms with E-state index >= 15 is 0 Å². The van der Waals surface area contributed by atoms with Crippen LogP contribution in [0.25, 0.3) is 16.3 Å². The normalized spacial score (nSPS) is 14.4. The minimum absolute atomic E-state index is 0.00688. The van der Waals surface area contributed by atoms with Crippen LogP contribution < -0.4 is 9.64 Å². The second-order valence-corrected chi connectivity index (χ2v) is 8.07. The molecule has 1 fully saturated rings. The summed E-state index contributed by atoms with van der Waals surface area (Å²) in [4.78, 5) is 31.7. The first-order valence-electron chi connectivity index (χ1n) is 10.0. The van der Waals surface area contributed by atoms with E-state index in [2.05, 4.69) is 4.90 Å². The number of thiazole rings is 1. The van der Waals surface area contributed by atoms with Gasteiger partial charge in [0, 0.05) is 44.4 Å². The van der Waals surface area contributed by atoms with E-state index in [9.17, 15) is 14.9 Å². The molecule has 2 aromatic carbocycles. The number of rotatable bonds is 6. The number of amides is 1. The first kappa shape index (κ1) is 20.8. The highest BCUT2D eigenvalue weighted by Gasteiger charge is 2.22. The van der Waals surface area contributed by atoms with Crippen LogP contribution >= 0.6 is 11.3 Å². The van der Waals surface area contributed by atoms with Crippen molar-refractivity contribution >= 4 is 44.4 Å². The maximum Gasteiger partial charge on any atom is 0.270 e. The number of carbonyl (C=O) groups excluding carboxylic acids is 1. The molecule has 9 heteroatoms. The molecule has 1 aliphatic heterocycles.